The Kier molecular flexibility index (Phi) is 13.7. The molecule has 56 heavy (non-hydrogen) atoms. The number of benzene rings is 4. The number of nitro benzene ring substituents is 1. The van der Waals surface area contributed by atoms with Crippen LogP contribution in [-0.2, 0) is 41.7 Å². The van der Waals surface area contributed by atoms with E-state index in [2.05, 4.69) is 11.6 Å². The summed E-state index contributed by atoms with van der Waals surface area (Å²) in [6, 6.07) is 32.0. The van der Waals surface area contributed by atoms with E-state index in [0.29, 0.717) is 28.0 Å². The van der Waals surface area contributed by atoms with E-state index in [-0.39, 0.29) is 30.9 Å². The Labute approximate surface area is 323 Å². The van der Waals surface area contributed by atoms with E-state index >= 15 is 0 Å². The first-order valence-electron chi connectivity index (χ1n) is 17.6. The number of carbonyl (C=O) groups excluding carboxylic acids is 1. The van der Waals surface area contributed by atoms with Crippen molar-refractivity contribution >= 4 is 19.2 Å². The number of hydrogen-bond acceptors (Lipinski definition) is 10. The smallest absolute Gasteiger partial charge is 0.350 e. The van der Waals surface area contributed by atoms with Crippen LogP contribution in [0, 0.1) is 17.0 Å². The second-order valence-electron chi connectivity index (χ2n) is 12.8. The highest BCUT2D eigenvalue weighted by atomic mass is 31.2. The molecule has 0 fully saturated rings. The van der Waals surface area contributed by atoms with Gasteiger partial charge in [-0.2, -0.15) is 0 Å². The van der Waals surface area contributed by atoms with Gasteiger partial charge in [-0.1, -0.05) is 91.0 Å². The number of methoxy groups -OCH3 is 1. The van der Waals surface area contributed by atoms with Gasteiger partial charge in [0.15, 0.2) is 0 Å². The Hall–Kier alpha value is -5.92. The zero-order chi connectivity index (χ0) is 40.3. The normalized spacial score (nSPS) is 13.0. The highest BCUT2D eigenvalue weighted by molar-refractivity contribution is 7.53. The molecule has 14 nitrogen and oxygen atoms in total. The van der Waals surface area contributed by atoms with Crippen LogP contribution in [0.25, 0.3) is 0 Å². The Balaban J connectivity index is 1.58. The minimum Gasteiger partial charge on any atom is -0.497 e. The number of carbonyl (C=O) groups is 1. The van der Waals surface area contributed by atoms with Crippen molar-refractivity contribution in [3.8, 4) is 5.75 Å². The molecule has 15 heteroatoms. The average molecular weight is 783 g/mol. The molecule has 0 radical (unpaired) electrons. The molecular weight excluding hydrogens is 739 g/mol. The van der Waals surface area contributed by atoms with Gasteiger partial charge in [-0.25, -0.2) is 4.79 Å². The number of H-pyrrole nitrogens is 1. The molecule has 1 N–H and O–H groups in total. The summed E-state index contributed by atoms with van der Waals surface area (Å²) in [6.45, 7) is 5.92. The van der Waals surface area contributed by atoms with Crippen LogP contribution < -0.4 is 16.0 Å². The predicted molar refractivity (Wildman–Crippen MR) is 211 cm³/mol. The monoisotopic (exact) mass is 782 g/mol. The maximum atomic E-state index is 14.6. The van der Waals surface area contributed by atoms with Crippen LogP contribution in [0.15, 0.2) is 138 Å². The van der Waals surface area contributed by atoms with E-state index in [1.54, 1.807) is 38.3 Å². The minimum atomic E-state index is -4.20. The van der Waals surface area contributed by atoms with Gasteiger partial charge in [-0.3, -0.25) is 33.8 Å². The van der Waals surface area contributed by atoms with Gasteiger partial charge in [0.2, 0.25) is 5.91 Å². The lowest BCUT2D eigenvalue weighted by molar-refractivity contribution is -0.384. The molecule has 5 aromatic rings. The van der Waals surface area contributed by atoms with Gasteiger partial charge in [0, 0.05) is 23.9 Å². The molecule has 0 aliphatic carbocycles. The average Bonchev–Trinajstić information content (AvgIpc) is 3.21. The minimum absolute atomic E-state index is 0.0775. The molecule has 292 valence electrons. The van der Waals surface area contributed by atoms with E-state index in [0.717, 1.165) is 4.57 Å². The van der Waals surface area contributed by atoms with Crippen LogP contribution in [0.1, 0.15) is 34.7 Å². The number of non-ortho nitro benzene ring substituents is 1. The van der Waals surface area contributed by atoms with Crippen molar-refractivity contribution in [3.05, 3.63) is 187 Å². The fraction of sp³-hybridized carbons (Fsp3) is 0.244. The Morgan fingerprint density at radius 2 is 1.54 bits per heavy atom. The SMILES string of the molecule is C=CCOP(=O)(CN(C(=O)Cn1cc(C)c(=O)[nH]c1=O)C(C)OC(c1ccccc1)(c1ccccc1)c1ccc(OC)cc1)OCCc1ccc([N+](=O)[O-])cc1. The topological polar surface area (TPSA) is 172 Å². The fourth-order valence-corrected chi connectivity index (χ4v) is 7.82. The molecule has 0 aliphatic heterocycles. The van der Waals surface area contributed by atoms with Crippen LogP contribution in [0.4, 0.5) is 5.69 Å². The molecule has 1 amide bonds. The highest BCUT2D eigenvalue weighted by Gasteiger charge is 2.43. The van der Waals surface area contributed by atoms with Crippen molar-refractivity contribution in [1.82, 2.24) is 14.5 Å². The Bertz CT molecular complexity index is 2240. The van der Waals surface area contributed by atoms with Gasteiger partial charge < -0.3 is 23.4 Å². The Morgan fingerprint density at radius 1 is 0.946 bits per heavy atom. The largest absolute Gasteiger partial charge is 0.497 e. The number of aryl methyl sites for hydroxylation is 1. The first kappa shape index (κ1) is 41.2. The summed E-state index contributed by atoms with van der Waals surface area (Å²) in [7, 11) is -2.64. The van der Waals surface area contributed by atoms with Crippen LogP contribution >= 0.6 is 7.60 Å². The maximum Gasteiger partial charge on any atom is 0.350 e. The van der Waals surface area contributed by atoms with Crippen molar-refractivity contribution in [2.75, 3.05) is 26.6 Å². The Morgan fingerprint density at radius 3 is 2.09 bits per heavy atom. The van der Waals surface area contributed by atoms with Crippen LogP contribution in [0.2, 0.25) is 0 Å². The van der Waals surface area contributed by atoms with Gasteiger partial charge in [0.25, 0.3) is 11.2 Å². The molecule has 0 spiro atoms. The molecular formula is C41H43N4O10P. The third-order valence-electron chi connectivity index (χ3n) is 9.00. The molecule has 2 unspecified atom stereocenters. The number of amides is 1. The third-order valence-corrected chi connectivity index (χ3v) is 10.8. The van der Waals surface area contributed by atoms with Crippen LogP contribution in [0.3, 0.4) is 0 Å². The number of rotatable bonds is 19. The number of nitrogens with zero attached hydrogens (tertiary/aromatic N) is 3. The summed E-state index contributed by atoms with van der Waals surface area (Å²) in [5.41, 5.74) is 0.162. The van der Waals surface area contributed by atoms with E-state index in [1.807, 2.05) is 72.8 Å². The van der Waals surface area contributed by atoms with Gasteiger partial charge in [0.05, 0.1) is 25.2 Å². The standard InChI is InChI=1S/C41H43N4O10P/c1-5-25-53-56(51,54-26-24-32-16-20-36(21-17-32)45(49)50)29-44(38(46)28-43-27-30(2)39(47)42-40(43)48)31(3)55-41(33-12-8-6-9-13-33,34-14-10-7-11-15-34)35-18-22-37(52-4)23-19-35/h5-23,27,31H,1,24-26,28-29H2,2-4H3,(H,42,47,48). The van der Waals surface area contributed by atoms with Gasteiger partial charge in [0.1, 0.15) is 30.4 Å². The van der Waals surface area contributed by atoms with Gasteiger partial charge in [-0.15, -0.1) is 6.58 Å². The van der Waals surface area contributed by atoms with Gasteiger partial charge in [-0.05, 0) is 54.7 Å². The second-order valence-corrected chi connectivity index (χ2v) is 14.8. The summed E-state index contributed by atoms with van der Waals surface area (Å²) < 4.78 is 40.0. The quantitative estimate of drug-likeness (QED) is 0.0242. The van der Waals surface area contributed by atoms with Gasteiger partial charge >= 0.3 is 13.3 Å². The summed E-state index contributed by atoms with van der Waals surface area (Å²) in [6.07, 6.45) is 1.09. The van der Waals surface area contributed by atoms with E-state index in [1.165, 1.54) is 36.2 Å². The number of aromatic amines is 1. The molecule has 5 rings (SSSR count). The molecule has 0 saturated carbocycles. The lowest BCUT2D eigenvalue weighted by Crippen LogP contribution is -2.48. The molecule has 1 aromatic heterocycles. The molecule has 4 aromatic carbocycles. The van der Waals surface area contributed by atoms with Crippen molar-refractivity contribution in [2.24, 2.45) is 0 Å². The molecule has 0 aliphatic rings. The molecule has 0 saturated heterocycles. The molecule has 2 atom stereocenters. The number of aromatic nitrogens is 2. The third kappa shape index (κ3) is 9.84. The lowest BCUT2D eigenvalue weighted by Gasteiger charge is -2.41. The summed E-state index contributed by atoms with van der Waals surface area (Å²) in [4.78, 5) is 53.5. The summed E-state index contributed by atoms with van der Waals surface area (Å²) in [5, 5.41) is 11.1. The number of ether oxygens (including phenoxy) is 2. The highest BCUT2D eigenvalue weighted by Crippen LogP contribution is 2.50. The lowest BCUT2D eigenvalue weighted by atomic mass is 9.80. The predicted octanol–water partition coefficient (Wildman–Crippen LogP) is 6.56. The van der Waals surface area contributed by atoms with E-state index in [9.17, 15) is 29.1 Å². The first-order chi connectivity index (χ1) is 26.9. The van der Waals surface area contributed by atoms with E-state index in [4.69, 9.17) is 18.5 Å². The molecule has 1 heterocycles. The van der Waals surface area contributed by atoms with Crippen LogP contribution in [0.5, 0.6) is 5.75 Å². The van der Waals surface area contributed by atoms with Crippen molar-refractivity contribution in [2.45, 2.75) is 38.6 Å². The zero-order valence-corrected chi connectivity index (χ0v) is 32.1. The maximum absolute atomic E-state index is 14.6. The first-order valence-corrected chi connectivity index (χ1v) is 19.4. The second kappa shape index (κ2) is 18.6. The number of nitro groups is 1. The summed E-state index contributed by atoms with van der Waals surface area (Å²) >= 11 is 0. The zero-order valence-electron chi connectivity index (χ0n) is 31.2. The van der Waals surface area contributed by atoms with Crippen molar-refractivity contribution < 1.29 is 32.8 Å². The van der Waals surface area contributed by atoms with Crippen LogP contribution in [-0.4, -0.2) is 58.1 Å². The number of hydrogen-bond donors (Lipinski definition) is 1. The van der Waals surface area contributed by atoms with Crippen molar-refractivity contribution in [1.29, 1.82) is 0 Å². The van der Waals surface area contributed by atoms with Crippen molar-refractivity contribution in [3.63, 3.8) is 0 Å². The molecule has 0 bridgehead atoms. The summed E-state index contributed by atoms with van der Waals surface area (Å²) in [5.74, 6) is -0.0846. The van der Waals surface area contributed by atoms with E-state index < -0.39 is 54.3 Å². The fourth-order valence-electron chi connectivity index (χ4n) is 6.12. The number of nitrogens with one attached hydrogen (secondary N) is 1.